The monoisotopic (exact) mass is 144 g/mol. The van der Waals surface area contributed by atoms with E-state index in [2.05, 4.69) is 0 Å². The van der Waals surface area contributed by atoms with E-state index in [4.69, 9.17) is 0 Å². The quantitative estimate of drug-likeness (QED) is 0.408. The summed E-state index contributed by atoms with van der Waals surface area (Å²) in [5.41, 5.74) is 0.493. The molecule has 0 radical (unpaired) electrons. The van der Waals surface area contributed by atoms with Crippen LogP contribution in [-0.2, 0) is 4.57 Å². The van der Waals surface area contributed by atoms with Gasteiger partial charge in [0, 0.05) is 5.66 Å². The fourth-order valence-corrected chi connectivity index (χ4v) is 1.94. The van der Waals surface area contributed by atoms with Crippen molar-refractivity contribution in [1.29, 1.82) is 0 Å². The van der Waals surface area contributed by atoms with Crippen LogP contribution in [0.1, 0.15) is 38.5 Å². The molecule has 0 heterocycles. The molecular weight excluding hydrogens is 131 g/mol. The van der Waals surface area contributed by atoms with Crippen molar-refractivity contribution in [2.45, 2.75) is 44.2 Å². The molecule has 1 fully saturated rings. The molecule has 1 aliphatic carbocycles. The molecule has 0 spiro atoms. The molecule has 0 N–H and O–H groups in total. The molecule has 2 heteroatoms. The number of hydrogen-bond acceptors (Lipinski definition) is 1. The Morgan fingerprint density at radius 3 is 2.00 bits per heavy atom. The highest BCUT2D eigenvalue weighted by atomic mass is 31.1. The van der Waals surface area contributed by atoms with Gasteiger partial charge in [-0.2, -0.15) is 0 Å². The third-order valence-corrected chi connectivity index (χ3v) is 2.79. The Hall–Kier alpha value is 0.100. The molecule has 0 atom stereocenters. The Morgan fingerprint density at radius 2 is 1.56 bits per heavy atom. The molecule has 0 aromatic carbocycles. The van der Waals surface area contributed by atoms with Crippen LogP contribution in [-0.4, -0.2) is 5.66 Å². The molecule has 0 saturated heterocycles. The third kappa shape index (κ3) is 2.45. The highest BCUT2D eigenvalue weighted by Crippen LogP contribution is 2.25. The average Bonchev–Trinajstić information content (AvgIpc) is 2.13. The van der Waals surface area contributed by atoms with Gasteiger partial charge in [-0.05, 0) is 12.8 Å². The Morgan fingerprint density at radius 1 is 1.00 bits per heavy atom. The van der Waals surface area contributed by atoms with Crippen molar-refractivity contribution in [2.24, 2.45) is 0 Å². The molecular formula is C7H13OP. The van der Waals surface area contributed by atoms with Gasteiger partial charge in [-0.1, -0.05) is 25.7 Å². The predicted molar refractivity (Wildman–Crippen MR) is 39.1 cm³/mol. The van der Waals surface area contributed by atoms with Crippen LogP contribution in [0.5, 0.6) is 0 Å². The Balaban J connectivity index is 2.26. The van der Waals surface area contributed by atoms with Crippen molar-refractivity contribution in [3.63, 3.8) is 0 Å². The molecule has 9 heavy (non-hydrogen) atoms. The second-order valence-corrected chi connectivity index (χ2v) is 3.69. The molecule has 0 aliphatic heterocycles. The lowest BCUT2D eigenvalue weighted by Gasteiger charge is -2.00. The summed E-state index contributed by atoms with van der Waals surface area (Å²) in [6.45, 7) is 0. The lowest BCUT2D eigenvalue weighted by atomic mass is 10.2. The van der Waals surface area contributed by atoms with E-state index < -0.39 is 0 Å². The molecule has 0 aromatic rings. The van der Waals surface area contributed by atoms with Crippen LogP contribution in [0.4, 0.5) is 0 Å². The zero-order valence-corrected chi connectivity index (χ0v) is 6.57. The molecule has 0 bridgehead atoms. The van der Waals surface area contributed by atoms with E-state index >= 15 is 0 Å². The lowest BCUT2D eigenvalue weighted by molar-refractivity contribution is 0.580. The first-order valence-electron chi connectivity index (χ1n) is 3.76. The van der Waals surface area contributed by atoms with Crippen molar-refractivity contribution in [3.8, 4) is 0 Å². The Labute approximate surface area is 58.0 Å². The Kier molecular flexibility index (Phi) is 3.21. The van der Waals surface area contributed by atoms with Gasteiger partial charge < -0.3 is 0 Å². The summed E-state index contributed by atoms with van der Waals surface area (Å²) in [5.74, 6) is 0. The van der Waals surface area contributed by atoms with E-state index in [1.54, 1.807) is 0 Å². The zero-order valence-electron chi connectivity index (χ0n) is 5.68. The van der Waals surface area contributed by atoms with Crippen LogP contribution in [0.2, 0.25) is 0 Å². The van der Waals surface area contributed by atoms with E-state index in [0.29, 0.717) is 14.1 Å². The van der Waals surface area contributed by atoms with Gasteiger partial charge in [0.1, 0.15) is 0 Å². The van der Waals surface area contributed by atoms with E-state index in [1.165, 1.54) is 38.5 Å². The second-order valence-electron chi connectivity index (χ2n) is 2.75. The van der Waals surface area contributed by atoms with Gasteiger partial charge in [0.2, 0.25) is 0 Å². The van der Waals surface area contributed by atoms with E-state index in [9.17, 15) is 4.57 Å². The summed E-state index contributed by atoms with van der Waals surface area (Å²) in [4.78, 5) is 0. The van der Waals surface area contributed by atoms with Crippen LogP contribution in [0, 0.1) is 0 Å². The highest BCUT2D eigenvalue weighted by Gasteiger charge is 2.10. The summed E-state index contributed by atoms with van der Waals surface area (Å²) < 4.78 is 10.4. The van der Waals surface area contributed by atoms with Gasteiger partial charge in [-0.25, -0.2) is 0 Å². The molecule has 0 aromatic heterocycles. The first kappa shape index (κ1) is 7.21. The SMILES string of the molecule is O=PC1CCCCCC1. The maximum Gasteiger partial charge on any atom is 0.158 e. The van der Waals surface area contributed by atoms with Crippen LogP contribution in [0.15, 0.2) is 0 Å². The highest BCUT2D eigenvalue weighted by molar-refractivity contribution is 7.24. The van der Waals surface area contributed by atoms with Gasteiger partial charge in [0.25, 0.3) is 0 Å². The molecule has 1 aliphatic rings. The summed E-state index contributed by atoms with van der Waals surface area (Å²) in [7, 11) is 0.381. The largest absolute Gasteiger partial charge is 0.275 e. The van der Waals surface area contributed by atoms with Crippen LogP contribution >= 0.6 is 8.46 Å². The standard InChI is InChI=1S/C7H13OP/c8-9-7-5-3-1-2-4-6-7/h7H,1-6H2. The number of rotatable bonds is 1. The van der Waals surface area contributed by atoms with Gasteiger partial charge in [0.15, 0.2) is 8.46 Å². The molecule has 1 nitrogen and oxygen atoms in total. The topological polar surface area (TPSA) is 17.1 Å². The molecule has 1 rings (SSSR count). The Bertz CT molecular complexity index is 84.9. The molecule has 0 amide bonds. The summed E-state index contributed by atoms with van der Waals surface area (Å²) in [6.07, 6.45) is 7.66. The minimum absolute atomic E-state index is 0.381. The molecule has 0 unspecified atom stereocenters. The lowest BCUT2D eigenvalue weighted by Crippen LogP contribution is -1.93. The maximum absolute atomic E-state index is 10.4. The normalized spacial score (nSPS) is 24.0. The average molecular weight is 144 g/mol. The van der Waals surface area contributed by atoms with E-state index in [1.807, 2.05) is 0 Å². The fraction of sp³-hybridized carbons (Fsp3) is 1.00. The van der Waals surface area contributed by atoms with Crippen molar-refractivity contribution in [2.75, 3.05) is 0 Å². The van der Waals surface area contributed by atoms with E-state index in [-0.39, 0.29) is 0 Å². The van der Waals surface area contributed by atoms with Crippen molar-refractivity contribution in [3.05, 3.63) is 0 Å². The molecule has 1 saturated carbocycles. The predicted octanol–water partition coefficient (Wildman–Crippen LogP) is 3.00. The smallest absolute Gasteiger partial charge is 0.158 e. The van der Waals surface area contributed by atoms with Gasteiger partial charge >= 0.3 is 0 Å². The molecule has 52 valence electrons. The fourth-order valence-electron chi connectivity index (χ4n) is 1.36. The van der Waals surface area contributed by atoms with E-state index in [0.717, 1.165) is 0 Å². The van der Waals surface area contributed by atoms with Gasteiger partial charge in [-0.15, -0.1) is 0 Å². The van der Waals surface area contributed by atoms with Crippen LogP contribution in [0.25, 0.3) is 0 Å². The number of hydrogen-bond donors (Lipinski definition) is 0. The second kappa shape index (κ2) is 4.00. The van der Waals surface area contributed by atoms with Gasteiger partial charge in [-0.3, -0.25) is 4.57 Å². The van der Waals surface area contributed by atoms with Gasteiger partial charge in [0.05, 0.1) is 0 Å². The van der Waals surface area contributed by atoms with Crippen molar-refractivity contribution in [1.82, 2.24) is 0 Å². The summed E-state index contributed by atoms with van der Waals surface area (Å²) in [6, 6.07) is 0. The minimum atomic E-state index is 0.381. The summed E-state index contributed by atoms with van der Waals surface area (Å²) >= 11 is 0. The van der Waals surface area contributed by atoms with Crippen molar-refractivity contribution < 1.29 is 4.57 Å². The van der Waals surface area contributed by atoms with Crippen LogP contribution in [0.3, 0.4) is 0 Å². The van der Waals surface area contributed by atoms with Crippen molar-refractivity contribution >= 4 is 8.46 Å². The maximum atomic E-state index is 10.4. The summed E-state index contributed by atoms with van der Waals surface area (Å²) in [5, 5.41) is 0. The first-order chi connectivity index (χ1) is 4.43. The zero-order chi connectivity index (χ0) is 6.53. The van der Waals surface area contributed by atoms with Crippen LogP contribution < -0.4 is 0 Å². The third-order valence-electron chi connectivity index (χ3n) is 1.97. The first-order valence-corrected chi connectivity index (χ1v) is 4.64. The minimum Gasteiger partial charge on any atom is -0.275 e.